The van der Waals surface area contributed by atoms with Gasteiger partial charge in [0.25, 0.3) is 0 Å². The minimum Gasteiger partial charge on any atom is -0.507 e. The van der Waals surface area contributed by atoms with Gasteiger partial charge in [0.15, 0.2) is 0 Å². The molecule has 0 amide bonds. The molecule has 1 aliphatic heterocycles. The molecule has 4 aromatic rings. The lowest BCUT2D eigenvalue weighted by atomic mass is 9.97. The lowest BCUT2D eigenvalue weighted by Crippen LogP contribution is -2.43. The first-order chi connectivity index (χ1) is 17.8. The van der Waals surface area contributed by atoms with Crippen LogP contribution in [0.5, 0.6) is 5.75 Å². The number of nitrogens with one attached hydrogen (secondary N) is 1. The van der Waals surface area contributed by atoms with Gasteiger partial charge < -0.3 is 20.1 Å². The lowest BCUT2D eigenvalue weighted by molar-refractivity contribution is 0.277. The fourth-order valence-electron chi connectivity index (χ4n) is 4.08. The van der Waals surface area contributed by atoms with Crippen molar-refractivity contribution in [3.8, 4) is 33.7 Å². The molecular formula is C27H27ClFN5O3. The number of phenolic OH excluding ortho intramolecular Hbond substituents is 1. The Kier molecular flexibility index (Phi) is 8.14. The molecule has 1 saturated heterocycles. The zero-order valence-electron chi connectivity index (χ0n) is 20.8. The monoisotopic (exact) mass is 523 g/mol. The molecule has 5 rings (SSSR count). The van der Waals surface area contributed by atoms with E-state index >= 15 is 0 Å². The Morgan fingerprint density at radius 3 is 2.30 bits per heavy atom. The van der Waals surface area contributed by atoms with Gasteiger partial charge in [0, 0.05) is 77.2 Å². The SMILES string of the molecule is COC.Cn1c#cn(-c2ccc(-c3cc(F)cc(-c4ccnc(N5CCNCC5)c4)c3O)cc2Cl)c1=O. The average Bonchev–Trinajstić information content (AvgIpc) is 3.24. The second-order valence-electron chi connectivity index (χ2n) is 8.46. The molecule has 0 unspecified atom stereocenters. The van der Waals surface area contributed by atoms with Gasteiger partial charge >= 0.3 is 5.69 Å². The number of aromatic hydroxyl groups is 1. The Morgan fingerprint density at radius 2 is 1.70 bits per heavy atom. The highest BCUT2D eigenvalue weighted by molar-refractivity contribution is 6.32. The number of phenols is 1. The van der Waals surface area contributed by atoms with Crippen molar-refractivity contribution in [2.24, 2.45) is 7.05 Å². The summed E-state index contributed by atoms with van der Waals surface area (Å²) in [5.74, 6) is 0.211. The van der Waals surface area contributed by atoms with Gasteiger partial charge in [0.1, 0.15) is 17.4 Å². The molecule has 2 N–H and O–H groups in total. The van der Waals surface area contributed by atoms with Crippen molar-refractivity contribution in [1.29, 1.82) is 0 Å². The molecule has 8 nitrogen and oxygen atoms in total. The predicted octanol–water partition coefficient (Wildman–Crippen LogP) is 3.68. The number of anilines is 1. The van der Waals surface area contributed by atoms with Crippen LogP contribution >= 0.6 is 11.6 Å². The molecule has 0 bridgehead atoms. The highest BCUT2D eigenvalue weighted by Crippen LogP contribution is 2.40. The van der Waals surface area contributed by atoms with Crippen LogP contribution in [0.1, 0.15) is 0 Å². The van der Waals surface area contributed by atoms with E-state index in [-0.39, 0.29) is 16.5 Å². The molecule has 0 saturated carbocycles. The van der Waals surface area contributed by atoms with Gasteiger partial charge in [-0.3, -0.25) is 4.57 Å². The average molecular weight is 524 g/mol. The smallest absolute Gasteiger partial charge is 0.347 e. The summed E-state index contributed by atoms with van der Waals surface area (Å²) in [4.78, 5) is 18.8. The van der Waals surface area contributed by atoms with Crippen molar-refractivity contribution < 1.29 is 14.2 Å². The minimum atomic E-state index is -0.495. The maximum absolute atomic E-state index is 14.7. The Hall–Kier alpha value is -3.84. The Morgan fingerprint density at radius 1 is 1.05 bits per heavy atom. The standard InChI is InChI=1S/C25H21ClFN5O2.C2H6O/c1-30-10-11-32(25(30)34)22-3-2-16(12-21(22)26)19-14-18(27)15-20(24(19)33)17-4-5-29-23(13-17)31-8-6-28-7-9-31;1-3-2/h2-5,12-15,28,33H,6-9H2,1H3;1-2H3. The molecule has 2 aromatic heterocycles. The highest BCUT2D eigenvalue weighted by atomic mass is 35.5. The molecule has 3 heterocycles. The molecule has 0 spiro atoms. The van der Waals surface area contributed by atoms with Gasteiger partial charge in [-0.25, -0.2) is 18.7 Å². The van der Waals surface area contributed by atoms with E-state index in [1.54, 1.807) is 51.7 Å². The maximum Gasteiger partial charge on any atom is 0.347 e. The number of halogens is 2. The molecule has 192 valence electrons. The zero-order chi connectivity index (χ0) is 26.5. The molecule has 0 aliphatic carbocycles. The lowest BCUT2D eigenvalue weighted by Gasteiger charge is -2.28. The summed E-state index contributed by atoms with van der Waals surface area (Å²) in [5.41, 5.74) is 1.89. The number of nitrogens with zero attached hydrogens (tertiary/aromatic N) is 4. The zero-order valence-corrected chi connectivity index (χ0v) is 21.5. The number of benzene rings is 2. The van der Waals surface area contributed by atoms with Gasteiger partial charge in [0.05, 0.1) is 10.7 Å². The van der Waals surface area contributed by atoms with Crippen molar-refractivity contribution in [2.45, 2.75) is 0 Å². The quantitative estimate of drug-likeness (QED) is 0.424. The van der Waals surface area contributed by atoms with E-state index in [0.717, 1.165) is 32.0 Å². The fourth-order valence-corrected chi connectivity index (χ4v) is 4.35. The molecule has 10 heteroatoms. The van der Waals surface area contributed by atoms with Crippen LogP contribution in [0.4, 0.5) is 10.2 Å². The topological polar surface area (TPSA) is 84.6 Å². The number of hydrogen-bond acceptors (Lipinski definition) is 6. The Balaban J connectivity index is 0.00000102. The van der Waals surface area contributed by atoms with E-state index in [9.17, 15) is 14.3 Å². The third-order valence-electron chi connectivity index (χ3n) is 5.88. The Bertz CT molecular complexity index is 1450. The van der Waals surface area contributed by atoms with Crippen LogP contribution in [-0.2, 0) is 11.8 Å². The van der Waals surface area contributed by atoms with Crippen LogP contribution in [0.15, 0.2) is 53.5 Å². The molecule has 0 atom stereocenters. The van der Waals surface area contributed by atoms with Crippen LogP contribution in [0.2, 0.25) is 5.02 Å². The maximum atomic E-state index is 14.7. The van der Waals surface area contributed by atoms with E-state index in [4.69, 9.17) is 11.6 Å². The van der Waals surface area contributed by atoms with Crippen LogP contribution in [0, 0.1) is 18.2 Å². The van der Waals surface area contributed by atoms with Gasteiger partial charge in [-0.15, -0.1) is 0 Å². The molecule has 1 fully saturated rings. The van der Waals surface area contributed by atoms with Crippen LogP contribution in [0.3, 0.4) is 0 Å². The van der Waals surface area contributed by atoms with Gasteiger partial charge in [-0.1, -0.05) is 17.7 Å². The number of pyridine rings is 1. The number of hydrogen-bond donors (Lipinski definition) is 2. The van der Waals surface area contributed by atoms with Crippen molar-refractivity contribution in [3.05, 3.63) is 82.4 Å². The van der Waals surface area contributed by atoms with Gasteiger partial charge in [0.2, 0.25) is 0 Å². The molecule has 2 aromatic carbocycles. The second kappa shape index (κ2) is 11.5. The first kappa shape index (κ1) is 26.2. The molecule has 1 aliphatic rings. The van der Waals surface area contributed by atoms with E-state index < -0.39 is 5.82 Å². The molecule has 37 heavy (non-hydrogen) atoms. The van der Waals surface area contributed by atoms with Crippen molar-refractivity contribution in [3.63, 3.8) is 0 Å². The van der Waals surface area contributed by atoms with Crippen LogP contribution < -0.4 is 15.9 Å². The van der Waals surface area contributed by atoms with Crippen molar-refractivity contribution >= 4 is 17.4 Å². The second-order valence-corrected chi connectivity index (χ2v) is 8.87. The summed E-state index contributed by atoms with van der Waals surface area (Å²) in [5, 5.41) is 14.7. The molecular weight excluding hydrogens is 497 g/mol. The number of rotatable bonds is 4. The van der Waals surface area contributed by atoms with E-state index in [1.807, 2.05) is 6.07 Å². The van der Waals surface area contributed by atoms with Crippen LogP contribution in [-0.4, -0.2) is 59.6 Å². The fraction of sp³-hybridized carbons (Fsp3) is 0.259. The van der Waals surface area contributed by atoms with E-state index in [1.165, 1.54) is 21.3 Å². The summed E-state index contributed by atoms with van der Waals surface area (Å²) in [6.45, 7) is 3.37. The van der Waals surface area contributed by atoms with Crippen molar-refractivity contribution in [1.82, 2.24) is 19.4 Å². The summed E-state index contributed by atoms with van der Waals surface area (Å²) >= 11 is 6.45. The van der Waals surface area contributed by atoms with Crippen molar-refractivity contribution in [2.75, 3.05) is 45.3 Å². The number of methoxy groups -OCH3 is 1. The number of piperazine rings is 1. The predicted molar refractivity (Wildman–Crippen MR) is 142 cm³/mol. The molecule has 0 radical (unpaired) electrons. The summed E-state index contributed by atoms with van der Waals surface area (Å²) in [6.07, 6.45) is 7.03. The first-order valence-corrected chi connectivity index (χ1v) is 12.0. The van der Waals surface area contributed by atoms with E-state index in [2.05, 4.69) is 32.3 Å². The first-order valence-electron chi connectivity index (χ1n) is 11.6. The Labute approximate surface area is 219 Å². The third kappa shape index (κ3) is 5.62. The summed E-state index contributed by atoms with van der Waals surface area (Å²) < 4.78 is 21.5. The highest BCUT2D eigenvalue weighted by Gasteiger charge is 2.18. The number of aromatic nitrogens is 3. The summed E-state index contributed by atoms with van der Waals surface area (Å²) in [6, 6.07) is 11.0. The number of ether oxygens (including phenoxy) is 1. The third-order valence-corrected chi connectivity index (χ3v) is 6.18. The van der Waals surface area contributed by atoms with Crippen LogP contribution in [0.25, 0.3) is 27.9 Å². The largest absolute Gasteiger partial charge is 0.507 e. The van der Waals surface area contributed by atoms with Gasteiger partial charge in [-0.2, -0.15) is 0 Å². The van der Waals surface area contributed by atoms with Gasteiger partial charge in [-0.05, 0) is 47.5 Å². The normalized spacial score (nSPS) is 13.1. The minimum absolute atomic E-state index is 0.0700. The van der Waals surface area contributed by atoms with E-state index in [0.29, 0.717) is 27.9 Å². The summed E-state index contributed by atoms with van der Waals surface area (Å²) in [7, 11) is 4.82.